The van der Waals surface area contributed by atoms with Crippen LogP contribution in [0.2, 0.25) is 0 Å². The normalized spacial score (nSPS) is 17.7. The summed E-state index contributed by atoms with van der Waals surface area (Å²) in [6.45, 7) is 6.17. The lowest BCUT2D eigenvalue weighted by molar-refractivity contribution is 0.560. The van der Waals surface area contributed by atoms with E-state index in [9.17, 15) is 0 Å². The molecule has 2 aromatic rings. The van der Waals surface area contributed by atoms with Crippen molar-refractivity contribution >= 4 is 17.5 Å². The third-order valence-electron chi connectivity index (χ3n) is 3.60. The smallest absolute Gasteiger partial charge is 0.224 e. The predicted octanol–water partition coefficient (Wildman–Crippen LogP) is 3.24. The van der Waals surface area contributed by atoms with Crippen LogP contribution in [0.25, 0.3) is 0 Å². The van der Waals surface area contributed by atoms with Crippen molar-refractivity contribution in [3.63, 3.8) is 0 Å². The second kappa shape index (κ2) is 5.49. The van der Waals surface area contributed by atoms with Gasteiger partial charge in [-0.2, -0.15) is 4.98 Å². The summed E-state index contributed by atoms with van der Waals surface area (Å²) in [5.41, 5.74) is 2.67. The van der Waals surface area contributed by atoms with Crippen molar-refractivity contribution in [2.45, 2.75) is 20.3 Å². The third-order valence-corrected chi connectivity index (χ3v) is 3.60. The van der Waals surface area contributed by atoms with Crippen LogP contribution in [0.15, 0.2) is 36.5 Å². The van der Waals surface area contributed by atoms with Gasteiger partial charge in [-0.15, -0.1) is 0 Å². The van der Waals surface area contributed by atoms with E-state index in [4.69, 9.17) is 0 Å². The molecule has 0 bridgehead atoms. The van der Waals surface area contributed by atoms with Gasteiger partial charge in [0, 0.05) is 25.0 Å². The lowest BCUT2D eigenvalue weighted by Gasteiger charge is -2.34. The number of aromatic nitrogens is 2. The van der Waals surface area contributed by atoms with E-state index in [0.717, 1.165) is 25.3 Å². The van der Waals surface area contributed by atoms with E-state index < -0.39 is 0 Å². The second-order valence-electron chi connectivity index (χ2n) is 5.32. The number of benzene rings is 1. The SMILES string of the molecule is CCNc1nccc(N2CC(C)Cc3ccccc32)n1. The molecule has 2 heterocycles. The molecule has 1 unspecified atom stereocenters. The van der Waals surface area contributed by atoms with Crippen LogP contribution in [-0.4, -0.2) is 23.1 Å². The van der Waals surface area contributed by atoms with Gasteiger partial charge in [-0.3, -0.25) is 0 Å². The highest BCUT2D eigenvalue weighted by Gasteiger charge is 2.23. The number of hydrogen-bond donors (Lipinski definition) is 1. The van der Waals surface area contributed by atoms with Crippen LogP contribution in [0.3, 0.4) is 0 Å². The Labute approximate surface area is 119 Å². The zero-order valence-electron chi connectivity index (χ0n) is 12.0. The van der Waals surface area contributed by atoms with E-state index in [2.05, 4.69) is 51.4 Å². The van der Waals surface area contributed by atoms with Crippen LogP contribution in [0.4, 0.5) is 17.5 Å². The Morgan fingerprint density at radius 3 is 3.00 bits per heavy atom. The molecule has 1 N–H and O–H groups in total. The average molecular weight is 268 g/mol. The molecule has 104 valence electrons. The fourth-order valence-electron chi connectivity index (χ4n) is 2.76. The molecule has 1 aliphatic rings. The molecule has 20 heavy (non-hydrogen) atoms. The van der Waals surface area contributed by atoms with Crippen molar-refractivity contribution in [2.24, 2.45) is 5.92 Å². The number of anilines is 3. The van der Waals surface area contributed by atoms with E-state index in [-0.39, 0.29) is 0 Å². The molecule has 1 aliphatic heterocycles. The topological polar surface area (TPSA) is 41.1 Å². The Morgan fingerprint density at radius 2 is 2.15 bits per heavy atom. The minimum absolute atomic E-state index is 0.627. The summed E-state index contributed by atoms with van der Waals surface area (Å²) < 4.78 is 0. The highest BCUT2D eigenvalue weighted by Crippen LogP contribution is 2.34. The molecule has 1 atom stereocenters. The summed E-state index contributed by atoms with van der Waals surface area (Å²) in [6, 6.07) is 10.6. The first-order valence-corrected chi connectivity index (χ1v) is 7.20. The zero-order chi connectivity index (χ0) is 13.9. The van der Waals surface area contributed by atoms with E-state index in [1.165, 1.54) is 11.3 Å². The predicted molar refractivity (Wildman–Crippen MR) is 82.5 cm³/mol. The molecule has 0 radical (unpaired) electrons. The molecule has 0 amide bonds. The maximum atomic E-state index is 4.62. The van der Waals surface area contributed by atoms with E-state index in [1.54, 1.807) is 0 Å². The van der Waals surface area contributed by atoms with Crippen molar-refractivity contribution in [1.82, 2.24) is 9.97 Å². The fraction of sp³-hybridized carbons (Fsp3) is 0.375. The molecular weight excluding hydrogens is 248 g/mol. The zero-order valence-corrected chi connectivity index (χ0v) is 12.0. The number of fused-ring (bicyclic) bond motifs is 1. The van der Waals surface area contributed by atoms with Gasteiger partial charge in [-0.25, -0.2) is 4.98 Å². The summed E-state index contributed by atoms with van der Waals surface area (Å²) in [5, 5.41) is 3.17. The van der Waals surface area contributed by atoms with Gasteiger partial charge in [-0.1, -0.05) is 25.1 Å². The van der Waals surface area contributed by atoms with Gasteiger partial charge in [-0.05, 0) is 37.0 Å². The molecule has 0 spiro atoms. The van der Waals surface area contributed by atoms with Gasteiger partial charge >= 0.3 is 0 Å². The first kappa shape index (κ1) is 12.9. The molecule has 4 heteroatoms. The quantitative estimate of drug-likeness (QED) is 0.928. The maximum absolute atomic E-state index is 4.62. The van der Waals surface area contributed by atoms with Crippen molar-refractivity contribution < 1.29 is 0 Å². The van der Waals surface area contributed by atoms with Crippen molar-refractivity contribution in [3.8, 4) is 0 Å². The third kappa shape index (κ3) is 2.46. The molecular formula is C16H20N4. The number of para-hydroxylation sites is 1. The Kier molecular flexibility index (Phi) is 3.54. The fourth-order valence-corrected chi connectivity index (χ4v) is 2.76. The van der Waals surface area contributed by atoms with Crippen LogP contribution in [-0.2, 0) is 6.42 Å². The van der Waals surface area contributed by atoms with Crippen molar-refractivity contribution in [3.05, 3.63) is 42.1 Å². The van der Waals surface area contributed by atoms with Crippen LogP contribution in [0.1, 0.15) is 19.4 Å². The molecule has 1 aromatic carbocycles. The average Bonchev–Trinajstić information content (AvgIpc) is 2.47. The Balaban J connectivity index is 1.99. The summed E-state index contributed by atoms with van der Waals surface area (Å²) in [4.78, 5) is 11.2. The Morgan fingerprint density at radius 1 is 1.30 bits per heavy atom. The van der Waals surface area contributed by atoms with Gasteiger partial charge in [0.25, 0.3) is 0 Å². The van der Waals surface area contributed by atoms with Crippen LogP contribution in [0.5, 0.6) is 0 Å². The van der Waals surface area contributed by atoms with E-state index in [0.29, 0.717) is 11.9 Å². The lowest BCUT2D eigenvalue weighted by Crippen LogP contribution is -2.31. The van der Waals surface area contributed by atoms with Crippen molar-refractivity contribution in [1.29, 1.82) is 0 Å². The molecule has 0 saturated carbocycles. The lowest BCUT2D eigenvalue weighted by atomic mass is 9.94. The van der Waals surface area contributed by atoms with Crippen LogP contribution >= 0.6 is 0 Å². The van der Waals surface area contributed by atoms with Gasteiger partial charge < -0.3 is 10.2 Å². The molecule has 1 aromatic heterocycles. The number of hydrogen-bond acceptors (Lipinski definition) is 4. The van der Waals surface area contributed by atoms with Gasteiger partial charge in [0.15, 0.2) is 0 Å². The summed E-state index contributed by atoms with van der Waals surface area (Å²) >= 11 is 0. The van der Waals surface area contributed by atoms with Crippen molar-refractivity contribution in [2.75, 3.05) is 23.3 Å². The van der Waals surface area contributed by atoms with E-state index >= 15 is 0 Å². The highest BCUT2D eigenvalue weighted by molar-refractivity contribution is 5.66. The number of nitrogens with one attached hydrogen (secondary N) is 1. The molecule has 3 rings (SSSR count). The minimum atomic E-state index is 0.627. The first-order valence-electron chi connectivity index (χ1n) is 7.20. The first-order chi connectivity index (χ1) is 9.78. The van der Waals surface area contributed by atoms with Gasteiger partial charge in [0.2, 0.25) is 5.95 Å². The highest BCUT2D eigenvalue weighted by atomic mass is 15.2. The Bertz CT molecular complexity index is 597. The Hall–Kier alpha value is -2.10. The molecule has 0 aliphatic carbocycles. The van der Waals surface area contributed by atoms with Crippen LogP contribution in [0, 0.1) is 5.92 Å². The van der Waals surface area contributed by atoms with Crippen LogP contribution < -0.4 is 10.2 Å². The van der Waals surface area contributed by atoms with Gasteiger partial charge in [0.1, 0.15) is 5.82 Å². The van der Waals surface area contributed by atoms with Gasteiger partial charge in [0.05, 0.1) is 0 Å². The second-order valence-corrected chi connectivity index (χ2v) is 5.32. The molecule has 0 saturated heterocycles. The number of rotatable bonds is 3. The largest absolute Gasteiger partial charge is 0.354 e. The number of nitrogens with zero attached hydrogens (tertiary/aromatic N) is 3. The summed E-state index contributed by atoms with van der Waals surface area (Å²) in [6.07, 6.45) is 2.96. The summed E-state index contributed by atoms with van der Waals surface area (Å²) in [5.74, 6) is 2.29. The summed E-state index contributed by atoms with van der Waals surface area (Å²) in [7, 11) is 0. The van der Waals surface area contributed by atoms with E-state index in [1.807, 2.05) is 19.2 Å². The maximum Gasteiger partial charge on any atom is 0.224 e. The monoisotopic (exact) mass is 268 g/mol. The molecule has 0 fully saturated rings. The standard InChI is InChI=1S/C16H20N4/c1-3-17-16-18-9-8-15(19-16)20-11-12(2)10-13-6-4-5-7-14(13)20/h4-9,12H,3,10-11H2,1-2H3,(H,17,18,19). The minimum Gasteiger partial charge on any atom is -0.354 e. The molecule has 4 nitrogen and oxygen atoms in total.